The number of likely N-dealkylation sites (N-methyl/N-ethyl adjacent to an activating group) is 1. The number of hydrogen-bond donors (Lipinski definition) is 1. The molecule has 2 aliphatic rings. The molecule has 0 aromatic rings. The quantitative estimate of drug-likeness (QED) is 0.736. The molecule has 13 heavy (non-hydrogen) atoms. The smallest absolute Gasteiger partial charge is 0.0249 e. The third-order valence-corrected chi connectivity index (χ3v) is 4.48. The summed E-state index contributed by atoms with van der Waals surface area (Å²) >= 11 is 2.06. The van der Waals surface area contributed by atoms with Gasteiger partial charge in [-0.15, -0.1) is 0 Å². The summed E-state index contributed by atoms with van der Waals surface area (Å²) in [5.41, 5.74) is 0. The van der Waals surface area contributed by atoms with Crippen molar-refractivity contribution in [2.45, 2.75) is 31.3 Å². The van der Waals surface area contributed by atoms with Crippen LogP contribution in [-0.4, -0.2) is 48.6 Å². The fourth-order valence-electron chi connectivity index (χ4n) is 2.06. The van der Waals surface area contributed by atoms with Gasteiger partial charge in [-0.3, -0.25) is 0 Å². The average Bonchev–Trinajstić information content (AvgIpc) is 2.05. The van der Waals surface area contributed by atoms with Crippen molar-refractivity contribution >= 4 is 11.8 Å². The first kappa shape index (κ1) is 9.81. The van der Waals surface area contributed by atoms with Crippen molar-refractivity contribution < 1.29 is 0 Å². The second-order valence-electron chi connectivity index (χ2n) is 4.27. The monoisotopic (exact) mass is 200 g/mol. The Bertz CT molecular complexity index is 159. The Morgan fingerprint density at radius 3 is 2.85 bits per heavy atom. The number of piperidine rings is 1. The summed E-state index contributed by atoms with van der Waals surface area (Å²) < 4.78 is 0. The summed E-state index contributed by atoms with van der Waals surface area (Å²) in [6.45, 7) is 2.51. The van der Waals surface area contributed by atoms with Crippen LogP contribution in [0.2, 0.25) is 0 Å². The Balaban J connectivity index is 1.66. The maximum absolute atomic E-state index is 3.66. The van der Waals surface area contributed by atoms with E-state index in [1.54, 1.807) is 0 Å². The fraction of sp³-hybridized carbons (Fsp3) is 1.00. The lowest BCUT2D eigenvalue weighted by molar-refractivity contribution is 0.179. The van der Waals surface area contributed by atoms with Crippen molar-refractivity contribution in [2.24, 2.45) is 0 Å². The molecule has 1 N–H and O–H groups in total. The zero-order valence-corrected chi connectivity index (χ0v) is 9.28. The first-order chi connectivity index (χ1) is 6.36. The van der Waals surface area contributed by atoms with E-state index in [0.29, 0.717) is 0 Å². The molecule has 0 amide bonds. The van der Waals surface area contributed by atoms with Crippen LogP contribution in [-0.2, 0) is 0 Å². The van der Waals surface area contributed by atoms with E-state index in [1.165, 1.54) is 43.9 Å². The summed E-state index contributed by atoms with van der Waals surface area (Å²) in [4.78, 5) is 2.52. The van der Waals surface area contributed by atoms with Crippen molar-refractivity contribution in [2.75, 3.05) is 31.6 Å². The van der Waals surface area contributed by atoms with Crippen LogP contribution in [0.3, 0.4) is 0 Å². The normalized spacial score (nSPS) is 31.6. The van der Waals surface area contributed by atoms with Crippen molar-refractivity contribution in [3.8, 4) is 0 Å². The predicted octanol–water partition coefficient (Wildman–Crippen LogP) is 1.18. The fourth-order valence-corrected chi connectivity index (χ4v) is 2.77. The van der Waals surface area contributed by atoms with Gasteiger partial charge in [0.15, 0.2) is 0 Å². The number of likely N-dealkylation sites (tertiary alicyclic amines) is 1. The molecule has 0 spiro atoms. The number of hydrogen-bond acceptors (Lipinski definition) is 3. The van der Waals surface area contributed by atoms with E-state index in [0.717, 1.165) is 12.1 Å². The van der Waals surface area contributed by atoms with Gasteiger partial charge in [0.2, 0.25) is 0 Å². The molecule has 2 heterocycles. The van der Waals surface area contributed by atoms with Gasteiger partial charge in [0.05, 0.1) is 0 Å². The van der Waals surface area contributed by atoms with Gasteiger partial charge in [-0.1, -0.05) is 6.42 Å². The van der Waals surface area contributed by atoms with Gasteiger partial charge < -0.3 is 10.2 Å². The van der Waals surface area contributed by atoms with Crippen molar-refractivity contribution in [3.63, 3.8) is 0 Å². The minimum Gasteiger partial charge on any atom is -0.311 e. The lowest BCUT2D eigenvalue weighted by Gasteiger charge is -2.35. The molecule has 76 valence electrons. The first-order valence-corrected chi connectivity index (χ1v) is 6.53. The van der Waals surface area contributed by atoms with Crippen LogP contribution in [0.25, 0.3) is 0 Å². The van der Waals surface area contributed by atoms with E-state index in [-0.39, 0.29) is 0 Å². The van der Waals surface area contributed by atoms with Crippen molar-refractivity contribution in [3.05, 3.63) is 0 Å². The summed E-state index contributed by atoms with van der Waals surface area (Å²) in [5, 5.41) is 3.66. The molecule has 2 nitrogen and oxygen atoms in total. The van der Waals surface area contributed by atoms with E-state index < -0.39 is 0 Å². The molecule has 3 heteroatoms. The summed E-state index contributed by atoms with van der Waals surface area (Å²) in [6, 6.07) is 1.62. The summed E-state index contributed by atoms with van der Waals surface area (Å²) in [7, 11) is 2.26. The molecule has 2 rings (SSSR count). The highest BCUT2D eigenvalue weighted by atomic mass is 32.2. The van der Waals surface area contributed by atoms with Gasteiger partial charge in [0.25, 0.3) is 0 Å². The Labute approximate surface area is 85.4 Å². The molecule has 2 aliphatic heterocycles. The first-order valence-electron chi connectivity index (χ1n) is 5.37. The maximum Gasteiger partial charge on any atom is 0.0249 e. The molecule has 0 radical (unpaired) electrons. The zero-order chi connectivity index (χ0) is 9.10. The van der Waals surface area contributed by atoms with Gasteiger partial charge in [0, 0.05) is 30.1 Å². The molecular weight excluding hydrogens is 180 g/mol. The average molecular weight is 200 g/mol. The second kappa shape index (κ2) is 4.67. The van der Waals surface area contributed by atoms with E-state index in [9.17, 15) is 0 Å². The van der Waals surface area contributed by atoms with E-state index in [2.05, 4.69) is 29.0 Å². The van der Waals surface area contributed by atoms with Crippen LogP contribution in [0.5, 0.6) is 0 Å². The minimum absolute atomic E-state index is 0.805. The van der Waals surface area contributed by atoms with Gasteiger partial charge >= 0.3 is 0 Å². The summed E-state index contributed by atoms with van der Waals surface area (Å²) in [6.07, 6.45) is 4.21. The Morgan fingerprint density at radius 2 is 2.23 bits per heavy atom. The van der Waals surface area contributed by atoms with Crippen LogP contribution < -0.4 is 5.32 Å². The maximum atomic E-state index is 3.66. The second-order valence-corrected chi connectivity index (χ2v) is 5.35. The van der Waals surface area contributed by atoms with Crippen molar-refractivity contribution in [1.29, 1.82) is 0 Å². The third kappa shape index (κ3) is 2.61. The molecule has 2 saturated heterocycles. The standard InChI is InChI=1S/C10H20N2S/c1-12-5-3-2-4-10(12)6-11-9-7-13-8-9/h9-11H,2-8H2,1H3. The molecule has 1 unspecified atom stereocenters. The topological polar surface area (TPSA) is 15.3 Å². The number of nitrogens with one attached hydrogen (secondary N) is 1. The Hall–Kier alpha value is 0.270. The Morgan fingerprint density at radius 1 is 1.38 bits per heavy atom. The van der Waals surface area contributed by atoms with E-state index >= 15 is 0 Å². The highest BCUT2D eigenvalue weighted by molar-refractivity contribution is 8.00. The predicted molar refractivity (Wildman–Crippen MR) is 59.4 cm³/mol. The minimum atomic E-state index is 0.805. The molecule has 0 bridgehead atoms. The van der Waals surface area contributed by atoms with Crippen LogP contribution in [0.4, 0.5) is 0 Å². The van der Waals surface area contributed by atoms with Crippen LogP contribution in [0.1, 0.15) is 19.3 Å². The van der Waals surface area contributed by atoms with Crippen LogP contribution in [0, 0.1) is 0 Å². The molecule has 1 atom stereocenters. The highest BCUT2D eigenvalue weighted by Gasteiger charge is 2.22. The molecule has 0 aliphatic carbocycles. The molecular formula is C10H20N2S. The molecule has 0 saturated carbocycles. The Kier molecular flexibility index (Phi) is 3.52. The van der Waals surface area contributed by atoms with Crippen LogP contribution in [0.15, 0.2) is 0 Å². The number of rotatable bonds is 3. The van der Waals surface area contributed by atoms with Crippen LogP contribution >= 0.6 is 11.8 Å². The molecule has 0 aromatic carbocycles. The number of thioether (sulfide) groups is 1. The van der Waals surface area contributed by atoms with E-state index in [1.807, 2.05) is 0 Å². The lowest BCUT2D eigenvalue weighted by Crippen LogP contribution is -2.49. The molecule has 0 aromatic heterocycles. The zero-order valence-electron chi connectivity index (χ0n) is 8.46. The SMILES string of the molecule is CN1CCCCC1CNC1CSC1. The lowest BCUT2D eigenvalue weighted by atomic mass is 10.0. The summed E-state index contributed by atoms with van der Waals surface area (Å²) in [5.74, 6) is 2.66. The third-order valence-electron chi connectivity index (χ3n) is 3.20. The van der Waals surface area contributed by atoms with Gasteiger partial charge in [-0.25, -0.2) is 0 Å². The van der Waals surface area contributed by atoms with Crippen molar-refractivity contribution in [1.82, 2.24) is 10.2 Å². The van der Waals surface area contributed by atoms with Gasteiger partial charge in [0.1, 0.15) is 0 Å². The van der Waals surface area contributed by atoms with E-state index in [4.69, 9.17) is 0 Å². The largest absolute Gasteiger partial charge is 0.311 e. The number of nitrogens with zero attached hydrogens (tertiary/aromatic N) is 1. The highest BCUT2D eigenvalue weighted by Crippen LogP contribution is 2.19. The van der Waals surface area contributed by atoms with Gasteiger partial charge in [-0.2, -0.15) is 11.8 Å². The molecule has 2 fully saturated rings. The van der Waals surface area contributed by atoms with Gasteiger partial charge in [-0.05, 0) is 26.4 Å².